The summed E-state index contributed by atoms with van der Waals surface area (Å²) in [5.74, 6) is 5.58. The zero-order chi connectivity index (χ0) is 11.5. The lowest BCUT2D eigenvalue weighted by atomic mass is 10.0. The van der Waals surface area contributed by atoms with Gasteiger partial charge in [0.1, 0.15) is 0 Å². The first kappa shape index (κ1) is 12.1. The summed E-state index contributed by atoms with van der Waals surface area (Å²) >= 11 is 11.1. The third-order valence-corrected chi connectivity index (χ3v) is 4.25. The largest absolute Gasteiger partial charge is 0.271 e. The first-order valence-electron chi connectivity index (χ1n) is 4.65. The van der Waals surface area contributed by atoms with Gasteiger partial charge in [-0.25, -0.2) is 5.43 Å². The van der Waals surface area contributed by atoms with Crippen LogP contribution in [0.15, 0.2) is 39.5 Å². The van der Waals surface area contributed by atoms with Crippen LogP contribution in [0.1, 0.15) is 17.2 Å². The van der Waals surface area contributed by atoms with Crippen molar-refractivity contribution in [3.8, 4) is 0 Å². The molecular formula is C11H10BrClN2S. The second-order valence-corrected chi connectivity index (χ2v) is 5.37. The Kier molecular flexibility index (Phi) is 4.00. The van der Waals surface area contributed by atoms with E-state index in [1.165, 1.54) is 0 Å². The SMILES string of the molecule is NNC(c1ccsc1)c1ccc(Br)c(Cl)c1. The van der Waals surface area contributed by atoms with E-state index in [-0.39, 0.29) is 6.04 Å². The lowest BCUT2D eigenvalue weighted by Crippen LogP contribution is -2.28. The van der Waals surface area contributed by atoms with E-state index in [4.69, 9.17) is 17.4 Å². The van der Waals surface area contributed by atoms with Crippen molar-refractivity contribution in [1.82, 2.24) is 5.43 Å². The van der Waals surface area contributed by atoms with Crippen LogP contribution in [0.3, 0.4) is 0 Å². The van der Waals surface area contributed by atoms with Crippen molar-refractivity contribution in [3.63, 3.8) is 0 Å². The second-order valence-electron chi connectivity index (χ2n) is 3.33. The van der Waals surface area contributed by atoms with Gasteiger partial charge in [0.25, 0.3) is 0 Å². The van der Waals surface area contributed by atoms with Gasteiger partial charge in [0.15, 0.2) is 0 Å². The van der Waals surface area contributed by atoms with E-state index in [2.05, 4.69) is 26.7 Å². The summed E-state index contributed by atoms with van der Waals surface area (Å²) in [5.41, 5.74) is 4.99. The fourth-order valence-electron chi connectivity index (χ4n) is 1.52. The Labute approximate surface area is 112 Å². The van der Waals surface area contributed by atoms with Gasteiger partial charge in [0, 0.05) is 4.47 Å². The number of nitrogens with one attached hydrogen (secondary N) is 1. The summed E-state index contributed by atoms with van der Waals surface area (Å²) in [7, 11) is 0. The average molecular weight is 318 g/mol. The monoisotopic (exact) mass is 316 g/mol. The Bertz CT molecular complexity index is 473. The molecule has 5 heteroatoms. The van der Waals surface area contributed by atoms with Crippen molar-refractivity contribution in [2.45, 2.75) is 6.04 Å². The number of halogens is 2. The highest BCUT2D eigenvalue weighted by atomic mass is 79.9. The van der Waals surface area contributed by atoms with Gasteiger partial charge in [-0.3, -0.25) is 5.84 Å². The topological polar surface area (TPSA) is 38.0 Å². The summed E-state index contributed by atoms with van der Waals surface area (Å²) < 4.78 is 0.888. The zero-order valence-electron chi connectivity index (χ0n) is 8.28. The molecular weight excluding hydrogens is 308 g/mol. The quantitative estimate of drug-likeness (QED) is 0.669. The fourth-order valence-corrected chi connectivity index (χ4v) is 2.64. The van der Waals surface area contributed by atoms with Crippen LogP contribution in [0, 0.1) is 0 Å². The Morgan fingerprint density at radius 3 is 2.69 bits per heavy atom. The molecule has 0 spiro atoms. The summed E-state index contributed by atoms with van der Waals surface area (Å²) in [6.07, 6.45) is 0. The number of rotatable bonds is 3. The average Bonchev–Trinajstić information content (AvgIpc) is 2.78. The van der Waals surface area contributed by atoms with Crippen molar-refractivity contribution in [2.75, 3.05) is 0 Å². The molecule has 2 nitrogen and oxygen atoms in total. The molecule has 0 aliphatic heterocycles. The predicted molar refractivity (Wildman–Crippen MR) is 72.6 cm³/mol. The van der Waals surface area contributed by atoms with Crippen molar-refractivity contribution in [3.05, 3.63) is 55.6 Å². The van der Waals surface area contributed by atoms with Crippen molar-refractivity contribution < 1.29 is 0 Å². The fraction of sp³-hybridized carbons (Fsp3) is 0.0909. The molecule has 1 heterocycles. The van der Waals surface area contributed by atoms with Crippen molar-refractivity contribution in [2.24, 2.45) is 5.84 Å². The third kappa shape index (κ3) is 2.47. The summed E-state index contributed by atoms with van der Waals surface area (Å²) in [5, 5.41) is 4.79. The molecule has 1 aromatic heterocycles. The van der Waals surface area contributed by atoms with Crippen LogP contribution in [0.2, 0.25) is 5.02 Å². The Morgan fingerprint density at radius 1 is 1.31 bits per heavy atom. The number of hydrazine groups is 1. The first-order chi connectivity index (χ1) is 7.72. The third-order valence-electron chi connectivity index (χ3n) is 2.32. The van der Waals surface area contributed by atoms with E-state index in [0.29, 0.717) is 5.02 Å². The molecule has 0 aliphatic rings. The van der Waals surface area contributed by atoms with Crippen LogP contribution in [0.4, 0.5) is 0 Å². The minimum atomic E-state index is -0.0168. The lowest BCUT2D eigenvalue weighted by Gasteiger charge is -2.15. The van der Waals surface area contributed by atoms with Crippen LogP contribution in [0.25, 0.3) is 0 Å². The second kappa shape index (κ2) is 5.29. The van der Waals surface area contributed by atoms with Gasteiger partial charge < -0.3 is 0 Å². The van der Waals surface area contributed by atoms with E-state index in [9.17, 15) is 0 Å². The standard InChI is InChI=1S/C11H10BrClN2S/c12-9-2-1-7(5-10(9)13)11(15-14)8-3-4-16-6-8/h1-6,11,15H,14H2. The minimum absolute atomic E-state index is 0.0168. The van der Waals surface area contributed by atoms with Gasteiger partial charge in [0.2, 0.25) is 0 Å². The summed E-state index contributed by atoms with van der Waals surface area (Å²) in [6, 6.07) is 7.86. The molecule has 2 rings (SSSR count). The number of nitrogens with two attached hydrogens (primary N) is 1. The lowest BCUT2D eigenvalue weighted by molar-refractivity contribution is 0.639. The van der Waals surface area contributed by atoms with Crippen molar-refractivity contribution >= 4 is 38.9 Å². The van der Waals surface area contributed by atoms with Crippen LogP contribution >= 0.6 is 38.9 Å². The normalized spacial score (nSPS) is 12.7. The highest BCUT2D eigenvalue weighted by molar-refractivity contribution is 9.10. The molecule has 0 aliphatic carbocycles. The van der Waals surface area contributed by atoms with E-state index >= 15 is 0 Å². The molecule has 0 radical (unpaired) electrons. The van der Waals surface area contributed by atoms with Gasteiger partial charge in [-0.1, -0.05) is 17.7 Å². The summed E-state index contributed by atoms with van der Waals surface area (Å²) in [4.78, 5) is 0. The maximum Gasteiger partial charge on any atom is 0.0718 e. The Balaban J connectivity index is 2.37. The maximum atomic E-state index is 6.06. The highest BCUT2D eigenvalue weighted by Crippen LogP contribution is 2.29. The molecule has 16 heavy (non-hydrogen) atoms. The smallest absolute Gasteiger partial charge is 0.0718 e. The molecule has 1 unspecified atom stereocenters. The van der Waals surface area contributed by atoms with E-state index < -0.39 is 0 Å². The number of benzene rings is 1. The van der Waals surface area contributed by atoms with Crippen LogP contribution in [-0.2, 0) is 0 Å². The number of thiophene rings is 1. The molecule has 0 saturated heterocycles. The number of hydrogen-bond donors (Lipinski definition) is 2. The maximum absolute atomic E-state index is 6.06. The molecule has 2 aromatic rings. The van der Waals surface area contributed by atoms with Gasteiger partial charge in [-0.2, -0.15) is 11.3 Å². The molecule has 0 fully saturated rings. The zero-order valence-corrected chi connectivity index (χ0v) is 11.4. The Hall–Kier alpha value is -0.390. The molecule has 0 saturated carbocycles. The van der Waals surface area contributed by atoms with E-state index in [1.54, 1.807) is 11.3 Å². The van der Waals surface area contributed by atoms with Gasteiger partial charge in [-0.15, -0.1) is 0 Å². The van der Waals surface area contributed by atoms with Gasteiger partial charge in [-0.05, 0) is 56.0 Å². The molecule has 0 amide bonds. The molecule has 84 valence electrons. The van der Waals surface area contributed by atoms with E-state index in [1.807, 2.05) is 29.6 Å². The van der Waals surface area contributed by atoms with E-state index in [0.717, 1.165) is 15.6 Å². The Morgan fingerprint density at radius 2 is 2.12 bits per heavy atom. The first-order valence-corrected chi connectivity index (χ1v) is 6.77. The summed E-state index contributed by atoms with van der Waals surface area (Å²) in [6.45, 7) is 0. The number of hydrogen-bond acceptors (Lipinski definition) is 3. The molecule has 1 aromatic carbocycles. The minimum Gasteiger partial charge on any atom is -0.271 e. The van der Waals surface area contributed by atoms with Crippen LogP contribution in [0.5, 0.6) is 0 Å². The van der Waals surface area contributed by atoms with Gasteiger partial charge >= 0.3 is 0 Å². The molecule has 0 bridgehead atoms. The van der Waals surface area contributed by atoms with Crippen LogP contribution < -0.4 is 11.3 Å². The van der Waals surface area contributed by atoms with Crippen LogP contribution in [-0.4, -0.2) is 0 Å². The molecule has 3 N–H and O–H groups in total. The van der Waals surface area contributed by atoms with Crippen molar-refractivity contribution in [1.29, 1.82) is 0 Å². The van der Waals surface area contributed by atoms with Gasteiger partial charge in [0.05, 0.1) is 11.1 Å². The predicted octanol–water partition coefficient (Wildman–Crippen LogP) is 3.72. The molecule has 1 atom stereocenters. The highest BCUT2D eigenvalue weighted by Gasteiger charge is 2.13.